The van der Waals surface area contributed by atoms with Crippen molar-refractivity contribution in [2.75, 3.05) is 5.75 Å². The van der Waals surface area contributed by atoms with Gasteiger partial charge in [-0.1, -0.05) is 6.08 Å². The van der Waals surface area contributed by atoms with Crippen LogP contribution in [0.4, 0.5) is 0 Å². The first-order valence-corrected chi connectivity index (χ1v) is 4.98. The molecule has 0 amide bonds. The van der Waals surface area contributed by atoms with E-state index in [-0.39, 0.29) is 5.75 Å². The molecule has 14 heavy (non-hydrogen) atoms. The molecular weight excluding hydrogens is 200 g/mol. The number of phenols is 1. The van der Waals surface area contributed by atoms with Crippen LogP contribution in [0.2, 0.25) is 0 Å². The van der Waals surface area contributed by atoms with E-state index >= 15 is 0 Å². The van der Waals surface area contributed by atoms with E-state index in [9.17, 15) is 4.79 Å². The molecule has 3 nitrogen and oxygen atoms in total. The SMILES string of the molecule is O=C(O)C=CCSc1ccc(O)cc1. The summed E-state index contributed by atoms with van der Waals surface area (Å²) in [6.07, 6.45) is 2.70. The van der Waals surface area contributed by atoms with E-state index in [1.165, 1.54) is 11.8 Å². The van der Waals surface area contributed by atoms with Crippen LogP contribution in [0.5, 0.6) is 5.75 Å². The Hall–Kier alpha value is -1.42. The summed E-state index contributed by atoms with van der Waals surface area (Å²) in [4.78, 5) is 11.1. The second kappa shape index (κ2) is 5.34. The Labute approximate surface area is 86.1 Å². The lowest BCUT2D eigenvalue weighted by atomic mass is 10.3. The number of thioether (sulfide) groups is 1. The summed E-state index contributed by atoms with van der Waals surface area (Å²) in [6.45, 7) is 0. The van der Waals surface area contributed by atoms with Crippen molar-refractivity contribution in [3.05, 3.63) is 36.4 Å². The molecule has 0 saturated carbocycles. The van der Waals surface area contributed by atoms with Crippen LogP contribution in [-0.2, 0) is 4.79 Å². The van der Waals surface area contributed by atoms with Crippen LogP contribution < -0.4 is 0 Å². The molecule has 0 saturated heterocycles. The van der Waals surface area contributed by atoms with Crippen LogP contribution in [0.25, 0.3) is 0 Å². The van der Waals surface area contributed by atoms with Crippen molar-refractivity contribution in [3.8, 4) is 5.75 Å². The lowest BCUT2D eigenvalue weighted by Crippen LogP contribution is -1.86. The van der Waals surface area contributed by atoms with Crippen molar-refractivity contribution in [2.45, 2.75) is 4.90 Å². The molecule has 4 heteroatoms. The molecule has 1 aromatic carbocycles. The van der Waals surface area contributed by atoms with Gasteiger partial charge in [0.1, 0.15) is 5.75 Å². The first-order chi connectivity index (χ1) is 6.68. The third kappa shape index (κ3) is 4.00. The molecule has 0 aliphatic carbocycles. The van der Waals surface area contributed by atoms with Gasteiger partial charge in [-0.05, 0) is 24.3 Å². The number of hydrogen-bond acceptors (Lipinski definition) is 3. The quantitative estimate of drug-likeness (QED) is 0.590. The lowest BCUT2D eigenvalue weighted by molar-refractivity contribution is -0.131. The number of carboxylic acid groups (broad SMARTS) is 1. The molecule has 0 heterocycles. The average molecular weight is 210 g/mol. The third-order valence-corrected chi connectivity index (χ3v) is 2.41. The molecule has 0 radical (unpaired) electrons. The van der Waals surface area contributed by atoms with Gasteiger partial charge in [0.05, 0.1) is 0 Å². The first-order valence-electron chi connectivity index (χ1n) is 4.00. The van der Waals surface area contributed by atoms with Crippen molar-refractivity contribution < 1.29 is 15.0 Å². The zero-order valence-corrected chi connectivity index (χ0v) is 8.20. The summed E-state index contributed by atoms with van der Waals surface area (Å²) < 4.78 is 0. The van der Waals surface area contributed by atoms with Crippen molar-refractivity contribution >= 4 is 17.7 Å². The van der Waals surface area contributed by atoms with E-state index in [1.54, 1.807) is 30.3 Å². The van der Waals surface area contributed by atoms with Gasteiger partial charge in [-0.25, -0.2) is 4.79 Å². The molecule has 74 valence electrons. The Morgan fingerprint density at radius 2 is 2.00 bits per heavy atom. The van der Waals surface area contributed by atoms with Gasteiger partial charge >= 0.3 is 5.97 Å². The molecule has 0 aliphatic rings. The Bertz CT molecular complexity index is 330. The smallest absolute Gasteiger partial charge is 0.328 e. The molecule has 1 aromatic rings. The lowest BCUT2D eigenvalue weighted by Gasteiger charge is -1.97. The van der Waals surface area contributed by atoms with Crippen molar-refractivity contribution in [3.63, 3.8) is 0 Å². The maximum atomic E-state index is 10.1. The number of benzene rings is 1. The van der Waals surface area contributed by atoms with E-state index in [1.807, 2.05) is 0 Å². The van der Waals surface area contributed by atoms with Gasteiger partial charge in [0.2, 0.25) is 0 Å². The van der Waals surface area contributed by atoms with Gasteiger partial charge in [0, 0.05) is 16.7 Å². The fraction of sp³-hybridized carbons (Fsp3) is 0.100. The first kappa shape index (κ1) is 10.7. The fourth-order valence-corrected chi connectivity index (χ4v) is 1.55. The van der Waals surface area contributed by atoms with E-state index in [0.29, 0.717) is 5.75 Å². The van der Waals surface area contributed by atoms with Gasteiger partial charge < -0.3 is 10.2 Å². The van der Waals surface area contributed by atoms with Crippen LogP contribution >= 0.6 is 11.8 Å². The maximum Gasteiger partial charge on any atom is 0.328 e. The highest BCUT2D eigenvalue weighted by Crippen LogP contribution is 2.20. The number of aliphatic carboxylic acids is 1. The molecule has 0 atom stereocenters. The zero-order chi connectivity index (χ0) is 10.4. The topological polar surface area (TPSA) is 57.5 Å². The van der Waals surface area contributed by atoms with E-state index < -0.39 is 5.97 Å². The monoisotopic (exact) mass is 210 g/mol. The van der Waals surface area contributed by atoms with Gasteiger partial charge in [-0.3, -0.25) is 0 Å². The summed E-state index contributed by atoms with van der Waals surface area (Å²) in [5, 5.41) is 17.3. The van der Waals surface area contributed by atoms with Crippen LogP contribution in [0, 0.1) is 0 Å². The molecule has 0 aromatic heterocycles. The number of hydrogen-bond donors (Lipinski definition) is 2. The van der Waals surface area contributed by atoms with Gasteiger partial charge in [-0.2, -0.15) is 0 Å². The molecule has 0 aliphatic heterocycles. The summed E-state index contributed by atoms with van der Waals surface area (Å²) >= 11 is 1.51. The Morgan fingerprint density at radius 1 is 1.36 bits per heavy atom. The summed E-state index contributed by atoms with van der Waals surface area (Å²) in [5.41, 5.74) is 0. The van der Waals surface area contributed by atoms with Gasteiger partial charge in [-0.15, -0.1) is 11.8 Å². The van der Waals surface area contributed by atoms with Crippen LogP contribution in [-0.4, -0.2) is 21.9 Å². The van der Waals surface area contributed by atoms with E-state index in [4.69, 9.17) is 10.2 Å². The molecule has 2 N–H and O–H groups in total. The molecule has 0 bridgehead atoms. The zero-order valence-electron chi connectivity index (χ0n) is 7.38. The van der Waals surface area contributed by atoms with Gasteiger partial charge in [0.15, 0.2) is 0 Å². The fourth-order valence-electron chi connectivity index (χ4n) is 0.836. The number of aromatic hydroxyl groups is 1. The molecule has 1 rings (SSSR count). The van der Waals surface area contributed by atoms with E-state index in [2.05, 4.69) is 0 Å². The van der Waals surface area contributed by atoms with Crippen LogP contribution in [0.15, 0.2) is 41.3 Å². The summed E-state index contributed by atoms with van der Waals surface area (Å²) in [6, 6.07) is 6.77. The van der Waals surface area contributed by atoms with E-state index in [0.717, 1.165) is 11.0 Å². The molecule has 0 fully saturated rings. The number of phenolic OH excluding ortho intramolecular Hbond substituents is 1. The van der Waals surface area contributed by atoms with Crippen molar-refractivity contribution in [2.24, 2.45) is 0 Å². The average Bonchev–Trinajstić information content (AvgIpc) is 2.15. The largest absolute Gasteiger partial charge is 0.508 e. The Morgan fingerprint density at radius 3 is 2.57 bits per heavy atom. The Kier molecular flexibility index (Phi) is 4.07. The highest BCUT2D eigenvalue weighted by molar-refractivity contribution is 7.99. The predicted octanol–water partition coefficient (Wildman–Crippen LogP) is 2.13. The second-order valence-electron chi connectivity index (χ2n) is 2.55. The molecular formula is C10H10O3S. The minimum atomic E-state index is -0.934. The number of carbonyl (C=O) groups is 1. The minimum Gasteiger partial charge on any atom is -0.508 e. The molecule has 0 spiro atoms. The predicted molar refractivity (Wildman–Crippen MR) is 55.6 cm³/mol. The minimum absolute atomic E-state index is 0.232. The van der Waals surface area contributed by atoms with Crippen LogP contribution in [0.3, 0.4) is 0 Å². The van der Waals surface area contributed by atoms with Crippen molar-refractivity contribution in [1.82, 2.24) is 0 Å². The second-order valence-corrected chi connectivity index (χ2v) is 3.64. The normalized spacial score (nSPS) is 10.6. The number of rotatable bonds is 4. The standard InChI is InChI=1S/C10H10O3S/c11-8-3-5-9(6-4-8)14-7-1-2-10(12)13/h1-6,11H,7H2,(H,12,13). The molecule has 0 unspecified atom stereocenters. The maximum absolute atomic E-state index is 10.1. The summed E-state index contributed by atoms with van der Waals surface area (Å²) in [5.74, 6) is -0.0939. The van der Waals surface area contributed by atoms with Crippen molar-refractivity contribution in [1.29, 1.82) is 0 Å². The number of carboxylic acids is 1. The summed E-state index contributed by atoms with van der Waals surface area (Å²) in [7, 11) is 0. The Balaban J connectivity index is 2.39. The van der Waals surface area contributed by atoms with Crippen LogP contribution in [0.1, 0.15) is 0 Å². The third-order valence-electron chi connectivity index (χ3n) is 1.44. The highest BCUT2D eigenvalue weighted by Gasteiger charge is 1.92. The highest BCUT2D eigenvalue weighted by atomic mass is 32.2. The van der Waals surface area contributed by atoms with Gasteiger partial charge in [0.25, 0.3) is 0 Å².